The van der Waals surface area contributed by atoms with Crippen LogP contribution in [0.5, 0.6) is 11.5 Å². The van der Waals surface area contributed by atoms with E-state index >= 15 is 0 Å². The van der Waals surface area contributed by atoms with E-state index in [4.69, 9.17) is 9.47 Å². The predicted molar refractivity (Wildman–Crippen MR) is 89.5 cm³/mol. The second-order valence-electron chi connectivity index (χ2n) is 5.62. The van der Waals surface area contributed by atoms with Gasteiger partial charge in [-0.2, -0.15) is 0 Å². The second-order valence-corrected chi connectivity index (χ2v) is 5.62. The van der Waals surface area contributed by atoms with Crippen molar-refractivity contribution < 1.29 is 14.3 Å². The van der Waals surface area contributed by atoms with Crippen LogP contribution in [0, 0.1) is 6.92 Å². The topological polar surface area (TPSA) is 50.8 Å². The molecule has 1 fully saturated rings. The summed E-state index contributed by atoms with van der Waals surface area (Å²) >= 11 is 0. The number of ether oxygens (including phenoxy) is 2. The Labute approximate surface area is 138 Å². The van der Waals surface area contributed by atoms with Gasteiger partial charge in [0.25, 0.3) is 5.91 Å². The van der Waals surface area contributed by atoms with Gasteiger partial charge in [-0.3, -0.25) is 4.79 Å². The number of halogens is 1. The summed E-state index contributed by atoms with van der Waals surface area (Å²) in [5, 5.41) is 3.38. The van der Waals surface area contributed by atoms with Crippen LogP contribution in [0.25, 0.3) is 0 Å². The van der Waals surface area contributed by atoms with Gasteiger partial charge < -0.3 is 19.7 Å². The lowest BCUT2D eigenvalue weighted by molar-refractivity contribution is 0.0615. The first-order valence-corrected chi connectivity index (χ1v) is 7.25. The second kappa shape index (κ2) is 7.70. The fraction of sp³-hybridized carbons (Fsp3) is 0.562. The van der Waals surface area contributed by atoms with E-state index in [0.717, 1.165) is 12.1 Å². The molecular formula is C16H25ClN2O3. The minimum atomic E-state index is 0. The maximum atomic E-state index is 12.8. The zero-order valence-electron chi connectivity index (χ0n) is 13.8. The van der Waals surface area contributed by atoms with Crippen molar-refractivity contribution in [1.29, 1.82) is 0 Å². The maximum Gasteiger partial charge on any atom is 0.254 e. The molecule has 124 valence electrons. The highest BCUT2D eigenvalue weighted by Crippen LogP contribution is 2.30. The molecule has 22 heavy (non-hydrogen) atoms. The largest absolute Gasteiger partial charge is 0.496 e. The Morgan fingerprint density at radius 1 is 1.23 bits per heavy atom. The van der Waals surface area contributed by atoms with Gasteiger partial charge >= 0.3 is 0 Å². The van der Waals surface area contributed by atoms with Gasteiger partial charge in [-0.25, -0.2) is 0 Å². The molecule has 0 spiro atoms. The third kappa shape index (κ3) is 3.65. The van der Waals surface area contributed by atoms with Gasteiger partial charge in [0.15, 0.2) is 0 Å². The Bertz CT molecular complexity index is 511. The van der Waals surface area contributed by atoms with Gasteiger partial charge in [0.2, 0.25) is 0 Å². The van der Waals surface area contributed by atoms with Crippen molar-refractivity contribution in [2.45, 2.75) is 32.9 Å². The monoisotopic (exact) mass is 328 g/mol. The van der Waals surface area contributed by atoms with Crippen LogP contribution < -0.4 is 14.8 Å². The molecule has 1 heterocycles. The molecule has 1 aliphatic heterocycles. The summed E-state index contributed by atoms with van der Waals surface area (Å²) < 4.78 is 10.7. The average molecular weight is 329 g/mol. The fourth-order valence-corrected chi connectivity index (χ4v) is 2.68. The molecule has 2 atom stereocenters. The van der Waals surface area contributed by atoms with Crippen molar-refractivity contribution in [2.75, 3.05) is 27.3 Å². The predicted octanol–water partition coefficient (Wildman–Crippen LogP) is 2.26. The van der Waals surface area contributed by atoms with E-state index < -0.39 is 0 Å². The van der Waals surface area contributed by atoms with Crippen LogP contribution in [0.4, 0.5) is 0 Å². The lowest BCUT2D eigenvalue weighted by atomic mass is 10.1. The molecule has 0 radical (unpaired) electrons. The number of rotatable bonds is 3. The molecule has 0 saturated carbocycles. The van der Waals surface area contributed by atoms with Crippen LogP contribution >= 0.6 is 12.4 Å². The van der Waals surface area contributed by atoms with E-state index in [2.05, 4.69) is 19.2 Å². The molecule has 1 aliphatic rings. The van der Waals surface area contributed by atoms with Crippen molar-refractivity contribution in [3.8, 4) is 11.5 Å². The highest BCUT2D eigenvalue weighted by molar-refractivity contribution is 5.95. The normalized spacial score (nSPS) is 21.0. The minimum absolute atomic E-state index is 0. The third-order valence-corrected chi connectivity index (χ3v) is 4.02. The van der Waals surface area contributed by atoms with Gasteiger partial charge in [-0.05, 0) is 32.9 Å². The van der Waals surface area contributed by atoms with Crippen molar-refractivity contribution in [3.05, 3.63) is 23.3 Å². The maximum absolute atomic E-state index is 12.8. The first-order chi connectivity index (χ1) is 9.97. The number of hydrogen-bond acceptors (Lipinski definition) is 4. The summed E-state index contributed by atoms with van der Waals surface area (Å²) in [7, 11) is 3.21. The molecule has 1 amide bonds. The van der Waals surface area contributed by atoms with Crippen LogP contribution in [0.3, 0.4) is 0 Å². The quantitative estimate of drug-likeness (QED) is 0.924. The number of piperazine rings is 1. The van der Waals surface area contributed by atoms with Crippen LogP contribution in [-0.2, 0) is 0 Å². The molecule has 6 heteroatoms. The Hall–Kier alpha value is -1.46. The van der Waals surface area contributed by atoms with Crippen molar-refractivity contribution in [1.82, 2.24) is 10.2 Å². The van der Waals surface area contributed by atoms with Crippen LogP contribution in [0.1, 0.15) is 29.8 Å². The molecule has 0 aliphatic carbocycles. The third-order valence-electron chi connectivity index (χ3n) is 4.02. The van der Waals surface area contributed by atoms with Crippen molar-refractivity contribution >= 4 is 18.3 Å². The van der Waals surface area contributed by atoms with Crippen molar-refractivity contribution in [3.63, 3.8) is 0 Å². The van der Waals surface area contributed by atoms with E-state index in [1.54, 1.807) is 26.4 Å². The standard InChI is InChI=1S/C16H24N2O3.ClH/c1-10-9-18(11(2)8-17-10)16(19)13-6-14(20-4)12(3)15(7-13)21-5;/h6-7,10-11,17H,8-9H2,1-5H3;1H. The van der Waals surface area contributed by atoms with Crippen LogP contribution in [0.2, 0.25) is 0 Å². The lowest BCUT2D eigenvalue weighted by Gasteiger charge is -2.37. The van der Waals surface area contributed by atoms with Gasteiger partial charge in [0, 0.05) is 36.3 Å². The molecule has 5 nitrogen and oxygen atoms in total. The molecule has 1 aromatic rings. The molecule has 1 aromatic carbocycles. The molecule has 2 unspecified atom stereocenters. The number of nitrogens with zero attached hydrogens (tertiary/aromatic N) is 1. The van der Waals surface area contributed by atoms with E-state index in [9.17, 15) is 4.79 Å². The zero-order valence-corrected chi connectivity index (χ0v) is 14.6. The van der Waals surface area contributed by atoms with E-state index in [1.165, 1.54) is 0 Å². The molecule has 1 N–H and O–H groups in total. The smallest absolute Gasteiger partial charge is 0.254 e. The lowest BCUT2D eigenvalue weighted by Crippen LogP contribution is -2.56. The number of methoxy groups -OCH3 is 2. The van der Waals surface area contributed by atoms with Gasteiger partial charge in [0.05, 0.1) is 14.2 Å². The van der Waals surface area contributed by atoms with Crippen LogP contribution in [-0.4, -0.2) is 50.2 Å². The van der Waals surface area contributed by atoms with Crippen LogP contribution in [0.15, 0.2) is 12.1 Å². The molecular weight excluding hydrogens is 304 g/mol. The number of amides is 1. The van der Waals surface area contributed by atoms with E-state index in [0.29, 0.717) is 29.6 Å². The molecule has 1 saturated heterocycles. The molecule has 0 aromatic heterocycles. The number of carbonyl (C=O) groups excluding carboxylic acids is 1. The Morgan fingerprint density at radius 3 is 2.27 bits per heavy atom. The number of carbonyl (C=O) groups is 1. The summed E-state index contributed by atoms with van der Waals surface area (Å²) in [4.78, 5) is 14.7. The SMILES string of the molecule is COc1cc(C(=O)N2CC(C)NCC2C)cc(OC)c1C.Cl. The van der Waals surface area contributed by atoms with Gasteiger partial charge in [0.1, 0.15) is 11.5 Å². The molecule has 0 bridgehead atoms. The number of nitrogens with one attached hydrogen (secondary N) is 1. The van der Waals surface area contributed by atoms with Gasteiger partial charge in [-0.15, -0.1) is 12.4 Å². The highest BCUT2D eigenvalue weighted by atomic mass is 35.5. The number of hydrogen-bond donors (Lipinski definition) is 1. The first kappa shape index (κ1) is 18.6. The Balaban J connectivity index is 0.00000242. The Kier molecular flexibility index (Phi) is 6.50. The molecule has 2 rings (SSSR count). The van der Waals surface area contributed by atoms with E-state index in [1.807, 2.05) is 11.8 Å². The first-order valence-electron chi connectivity index (χ1n) is 7.25. The fourth-order valence-electron chi connectivity index (χ4n) is 2.68. The van der Waals surface area contributed by atoms with Gasteiger partial charge in [-0.1, -0.05) is 0 Å². The minimum Gasteiger partial charge on any atom is -0.496 e. The van der Waals surface area contributed by atoms with E-state index in [-0.39, 0.29) is 24.4 Å². The highest BCUT2D eigenvalue weighted by Gasteiger charge is 2.28. The Morgan fingerprint density at radius 2 is 1.77 bits per heavy atom. The summed E-state index contributed by atoms with van der Waals surface area (Å²) in [6.45, 7) is 7.58. The summed E-state index contributed by atoms with van der Waals surface area (Å²) in [5.74, 6) is 1.37. The zero-order chi connectivity index (χ0) is 15.6. The number of benzene rings is 1. The average Bonchev–Trinajstić information content (AvgIpc) is 2.49. The summed E-state index contributed by atoms with van der Waals surface area (Å²) in [6.07, 6.45) is 0. The van der Waals surface area contributed by atoms with Crippen molar-refractivity contribution in [2.24, 2.45) is 0 Å². The summed E-state index contributed by atoms with van der Waals surface area (Å²) in [5.41, 5.74) is 1.51. The summed E-state index contributed by atoms with van der Waals surface area (Å²) in [6, 6.07) is 4.06.